The summed E-state index contributed by atoms with van der Waals surface area (Å²) in [6.07, 6.45) is 3.65. The van der Waals surface area contributed by atoms with Crippen LogP contribution in [-0.2, 0) is 11.3 Å². The summed E-state index contributed by atoms with van der Waals surface area (Å²) in [5.41, 5.74) is 1.09. The fraction of sp³-hybridized carbons (Fsp3) is 0.364. The molecule has 154 valence electrons. The molecule has 3 rings (SSSR count). The molecular weight excluding hydrogens is 394 g/mol. The molecule has 1 aliphatic carbocycles. The third-order valence-corrected chi connectivity index (χ3v) is 5.11. The number of aliphatic hydroxyl groups is 1. The molecule has 29 heavy (non-hydrogen) atoms. The number of alkyl carbamates (subject to hydrolysis) is 1. The van der Waals surface area contributed by atoms with Crippen molar-refractivity contribution in [2.24, 2.45) is 0 Å². The van der Waals surface area contributed by atoms with Gasteiger partial charge in [0, 0.05) is 5.56 Å². The largest absolute Gasteiger partial charge is 0.489 e. The second-order valence-corrected chi connectivity index (χ2v) is 7.38. The number of carbonyl (C=O) groups is 2. The number of ether oxygens (including phenoxy) is 2. The lowest BCUT2D eigenvalue weighted by Gasteiger charge is -2.17. The Labute approximate surface area is 174 Å². The van der Waals surface area contributed by atoms with Crippen molar-refractivity contribution >= 4 is 23.5 Å². The number of nitrogens with one attached hydrogen (secondary N) is 1. The molecule has 7 heteroatoms. The van der Waals surface area contributed by atoms with Gasteiger partial charge in [0.2, 0.25) is 0 Å². The van der Waals surface area contributed by atoms with Gasteiger partial charge >= 0.3 is 6.09 Å². The molecule has 1 amide bonds. The van der Waals surface area contributed by atoms with Gasteiger partial charge in [0.25, 0.3) is 0 Å². The Hall–Kier alpha value is -2.57. The van der Waals surface area contributed by atoms with Gasteiger partial charge in [-0.15, -0.1) is 0 Å². The molecule has 6 nitrogen and oxygen atoms in total. The molecule has 2 aromatic rings. The predicted molar refractivity (Wildman–Crippen MR) is 109 cm³/mol. The fourth-order valence-electron chi connectivity index (χ4n) is 3.24. The van der Waals surface area contributed by atoms with Gasteiger partial charge in [-0.1, -0.05) is 41.9 Å². The minimum absolute atomic E-state index is 0.0675. The molecule has 0 aromatic heterocycles. The van der Waals surface area contributed by atoms with Crippen LogP contribution in [0.3, 0.4) is 0 Å². The van der Waals surface area contributed by atoms with Crippen LogP contribution >= 0.6 is 11.6 Å². The topological polar surface area (TPSA) is 84.9 Å². The summed E-state index contributed by atoms with van der Waals surface area (Å²) < 4.78 is 11.0. The standard InChI is InChI=1S/C22H24ClNO5/c23-18-12-16(10-11-20(18)29-17-8-4-5-9-17)21(26)19(13-25)24-22(27)28-14-15-6-2-1-3-7-15/h1-3,6-7,10-12,17,19,25H,4-5,8-9,13-14H2,(H,24,27)/t19-/m1/s1. The molecule has 0 radical (unpaired) electrons. The highest BCUT2D eigenvalue weighted by Gasteiger charge is 2.24. The van der Waals surface area contributed by atoms with Crippen molar-refractivity contribution in [2.75, 3.05) is 6.61 Å². The van der Waals surface area contributed by atoms with Crippen LogP contribution in [-0.4, -0.2) is 35.7 Å². The average Bonchev–Trinajstić information content (AvgIpc) is 3.25. The van der Waals surface area contributed by atoms with Crippen molar-refractivity contribution in [1.29, 1.82) is 0 Å². The van der Waals surface area contributed by atoms with Crippen LogP contribution in [0.1, 0.15) is 41.6 Å². The maximum Gasteiger partial charge on any atom is 0.408 e. The van der Waals surface area contributed by atoms with E-state index in [2.05, 4.69) is 5.32 Å². The van der Waals surface area contributed by atoms with Crippen molar-refractivity contribution in [3.05, 3.63) is 64.7 Å². The highest BCUT2D eigenvalue weighted by atomic mass is 35.5. The Bertz CT molecular complexity index is 836. The molecule has 1 atom stereocenters. The molecule has 1 fully saturated rings. The Morgan fingerprint density at radius 3 is 2.52 bits per heavy atom. The molecule has 1 saturated carbocycles. The highest BCUT2D eigenvalue weighted by molar-refractivity contribution is 6.32. The Morgan fingerprint density at radius 2 is 1.86 bits per heavy atom. The Morgan fingerprint density at radius 1 is 1.14 bits per heavy atom. The van der Waals surface area contributed by atoms with E-state index in [0.717, 1.165) is 31.2 Å². The van der Waals surface area contributed by atoms with Crippen molar-refractivity contribution in [1.82, 2.24) is 5.32 Å². The number of benzene rings is 2. The number of hydrogen-bond acceptors (Lipinski definition) is 5. The van der Waals surface area contributed by atoms with Crippen LogP contribution in [0.4, 0.5) is 4.79 Å². The first-order valence-electron chi connectivity index (χ1n) is 9.65. The van der Waals surface area contributed by atoms with E-state index in [0.29, 0.717) is 10.8 Å². The van der Waals surface area contributed by atoms with Crippen LogP contribution in [0.15, 0.2) is 48.5 Å². The predicted octanol–water partition coefficient (Wildman–Crippen LogP) is 4.13. The summed E-state index contributed by atoms with van der Waals surface area (Å²) >= 11 is 6.27. The number of amides is 1. The maximum atomic E-state index is 12.7. The SMILES string of the molecule is O=C(N[C@H](CO)C(=O)c1ccc(OC2CCCC2)c(Cl)c1)OCc1ccccc1. The van der Waals surface area contributed by atoms with E-state index in [9.17, 15) is 14.7 Å². The molecule has 0 bridgehead atoms. The van der Waals surface area contributed by atoms with Crippen LogP contribution in [0.2, 0.25) is 5.02 Å². The van der Waals surface area contributed by atoms with Crippen LogP contribution in [0, 0.1) is 0 Å². The first-order valence-corrected chi connectivity index (χ1v) is 10.0. The molecule has 2 N–H and O–H groups in total. The number of aliphatic hydroxyl groups excluding tert-OH is 1. The smallest absolute Gasteiger partial charge is 0.408 e. The molecule has 0 spiro atoms. The van der Waals surface area contributed by atoms with Crippen molar-refractivity contribution in [2.45, 2.75) is 44.4 Å². The summed E-state index contributed by atoms with van der Waals surface area (Å²) in [6.45, 7) is -0.491. The monoisotopic (exact) mass is 417 g/mol. The number of carbonyl (C=O) groups excluding carboxylic acids is 2. The van der Waals surface area contributed by atoms with E-state index in [1.165, 1.54) is 6.07 Å². The zero-order valence-corrected chi connectivity index (χ0v) is 16.7. The fourth-order valence-corrected chi connectivity index (χ4v) is 3.46. The lowest BCUT2D eigenvalue weighted by Crippen LogP contribution is -2.43. The number of Topliss-reactive ketones (excluding diaryl/α,β-unsaturated/α-hetero) is 1. The van der Waals surface area contributed by atoms with Gasteiger partial charge in [-0.2, -0.15) is 0 Å². The second-order valence-electron chi connectivity index (χ2n) is 6.97. The van der Waals surface area contributed by atoms with E-state index >= 15 is 0 Å². The van der Waals surface area contributed by atoms with Crippen LogP contribution in [0.5, 0.6) is 5.75 Å². The van der Waals surface area contributed by atoms with Crippen molar-refractivity contribution < 1.29 is 24.2 Å². The third kappa shape index (κ3) is 5.95. The average molecular weight is 418 g/mol. The third-order valence-electron chi connectivity index (χ3n) is 4.82. The first kappa shape index (κ1) is 21.1. The molecule has 0 heterocycles. The first-order chi connectivity index (χ1) is 14.1. The van der Waals surface area contributed by atoms with E-state index in [1.54, 1.807) is 12.1 Å². The molecular formula is C22H24ClNO5. The van der Waals surface area contributed by atoms with Gasteiger partial charge in [0.05, 0.1) is 17.7 Å². The second kappa shape index (κ2) is 10.3. The van der Waals surface area contributed by atoms with Gasteiger partial charge in [0.15, 0.2) is 5.78 Å². The number of hydrogen-bond donors (Lipinski definition) is 2. The van der Waals surface area contributed by atoms with Crippen LogP contribution in [0.25, 0.3) is 0 Å². The maximum absolute atomic E-state index is 12.7. The zero-order valence-electron chi connectivity index (χ0n) is 16.0. The molecule has 0 unspecified atom stereocenters. The summed E-state index contributed by atoms with van der Waals surface area (Å²) in [6, 6.07) is 12.8. The van der Waals surface area contributed by atoms with E-state index < -0.39 is 24.5 Å². The minimum atomic E-state index is -1.13. The lowest BCUT2D eigenvalue weighted by molar-refractivity contribution is 0.0864. The lowest BCUT2D eigenvalue weighted by atomic mass is 10.0. The van der Waals surface area contributed by atoms with Gasteiger partial charge in [-0.05, 0) is 49.4 Å². The van der Waals surface area contributed by atoms with Gasteiger partial charge in [0.1, 0.15) is 18.4 Å². The van der Waals surface area contributed by atoms with Crippen molar-refractivity contribution in [3.8, 4) is 5.75 Å². The number of ketones is 1. The Kier molecular flexibility index (Phi) is 7.49. The summed E-state index contributed by atoms with van der Waals surface area (Å²) in [5, 5.41) is 12.3. The molecule has 1 aliphatic rings. The normalized spacial score (nSPS) is 15.0. The summed E-state index contributed by atoms with van der Waals surface area (Å²) in [4.78, 5) is 24.7. The minimum Gasteiger partial charge on any atom is -0.489 e. The van der Waals surface area contributed by atoms with Gasteiger partial charge in [-0.3, -0.25) is 4.79 Å². The number of rotatable bonds is 8. The molecule has 0 aliphatic heterocycles. The number of halogens is 1. The van der Waals surface area contributed by atoms with Crippen LogP contribution < -0.4 is 10.1 Å². The molecule has 0 saturated heterocycles. The van der Waals surface area contributed by atoms with E-state index in [4.69, 9.17) is 21.1 Å². The molecule has 2 aromatic carbocycles. The van der Waals surface area contributed by atoms with E-state index in [-0.39, 0.29) is 18.3 Å². The Balaban J connectivity index is 1.57. The zero-order chi connectivity index (χ0) is 20.6. The van der Waals surface area contributed by atoms with Crippen molar-refractivity contribution in [3.63, 3.8) is 0 Å². The van der Waals surface area contributed by atoms with E-state index in [1.807, 2.05) is 30.3 Å². The highest BCUT2D eigenvalue weighted by Crippen LogP contribution is 2.30. The summed E-state index contributed by atoms with van der Waals surface area (Å²) in [7, 11) is 0. The summed E-state index contributed by atoms with van der Waals surface area (Å²) in [5.74, 6) is 0.0735. The van der Waals surface area contributed by atoms with Gasteiger partial charge < -0.3 is 19.9 Å². The quantitative estimate of drug-likeness (QED) is 0.631. The van der Waals surface area contributed by atoms with Gasteiger partial charge in [-0.25, -0.2) is 4.79 Å².